The van der Waals surface area contributed by atoms with E-state index in [4.69, 9.17) is 5.26 Å². The summed E-state index contributed by atoms with van der Waals surface area (Å²) in [5, 5.41) is 19.8. The van der Waals surface area contributed by atoms with E-state index in [-0.39, 0.29) is 5.92 Å². The van der Waals surface area contributed by atoms with Crippen LogP contribution >= 0.6 is 0 Å². The monoisotopic (exact) mass is 420 g/mol. The molecule has 1 N–H and O–H groups in total. The van der Waals surface area contributed by atoms with Gasteiger partial charge in [0.2, 0.25) is 5.95 Å². The fourth-order valence-corrected chi connectivity index (χ4v) is 3.65. The maximum absolute atomic E-state index is 12.7. The van der Waals surface area contributed by atoms with Gasteiger partial charge in [0.1, 0.15) is 0 Å². The lowest BCUT2D eigenvalue weighted by atomic mass is 10.00. The van der Waals surface area contributed by atoms with Gasteiger partial charge in [-0.25, -0.2) is 9.20 Å². The Balaban J connectivity index is 1.35. The van der Waals surface area contributed by atoms with E-state index in [1.165, 1.54) is 18.0 Å². The molecule has 0 saturated carbocycles. The fraction of sp³-hybridized carbons (Fsp3) is 0.238. The number of aromatic nitrogens is 5. The molecule has 4 heterocycles. The van der Waals surface area contributed by atoms with Crippen LogP contribution in [0.15, 0.2) is 55.0 Å². The summed E-state index contributed by atoms with van der Waals surface area (Å²) >= 11 is 0. The Morgan fingerprint density at radius 2 is 2.00 bits per heavy atom. The van der Waals surface area contributed by atoms with Crippen LogP contribution in [0.1, 0.15) is 12.1 Å². The molecule has 0 amide bonds. The minimum absolute atomic E-state index is 0.150. The number of hydrogen-bond acceptors (Lipinski definition) is 6. The zero-order valence-electron chi connectivity index (χ0n) is 16.4. The molecule has 156 valence electrons. The van der Waals surface area contributed by atoms with Gasteiger partial charge in [0.05, 0.1) is 30.1 Å². The van der Waals surface area contributed by atoms with E-state index < -0.39 is 6.55 Å². The van der Waals surface area contributed by atoms with Crippen LogP contribution in [0.25, 0.3) is 16.8 Å². The third kappa shape index (κ3) is 3.83. The first-order chi connectivity index (χ1) is 15.1. The average Bonchev–Trinajstić information content (AvgIpc) is 3.37. The smallest absolute Gasteiger partial charge is 0.320 e. The Morgan fingerprint density at radius 1 is 1.19 bits per heavy atom. The van der Waals surface area contributed by atoms with Gasteiger partial charge in [-0.15, -0.1) is 5.10 Å². The molecule has 0 radical (unpaired) electrons. The van der Waals surface area contributed by atoms with E-state index in [0.29, 0.717) is 22.0 Å². The zero-order valence-corrected chi connectivity index (χ0v) is 16.4. The lowest BCUT2D eigenvalue weighted by Gasteiger charge is -2.35. The number of anilines is 2. The van der Waals surface area contributed by atoms with Crippen LogP contribution in [0.3, 0.4) is 0 Å². The molecule has 3 aromatic heterocycles. The lowest BCUT2D eigenvalue weighted by Crippen LogP contribution is -2.45. The number of fused-ring (bicyclic) bond motifs is 1. The minimum atomic E-state index is -2.70. The minimum Gasteiger partial charge on any atom is -0.320 e. The number of pyridine rings is 1. The van der Waals surface area contributed by atoms with E-state index in [2.05, 4.69) is 43.6 Å². The molecule has 4 aromatic rings. The highest BCUT2D eigenvalue weighted by Gasteiger charge is 2.25. The first kappa shape index (κ1) is 19.1. The molecule has 8 nitrogen and oxygen atoms in total. The largest absolute Gasteiger partial charge is 0.333 e. The normalized spacial score (nSPS) is 14.6. The van der Waals surface area contributed by atoms with Gasteiger partial charge in [0, 0.05) is 31.4 Å². The molecule has 0 unspecified atom stereocenters. The number of nitrogens with zero attached hydrogens (tertiary/aromatic N) is 7. The first-order valence-corrected chi connectivity index (χ1v) is 9.75. The molecule has 0 spiro atoms. The van der Waals surface area contributed by atoms with Gasteiger partial charge in [-0.2, -0.15) is 24.1 Å². The molecule has 0 bridgehead atoms. The molecule has 1 aromatic carbocycles. The Kier molecular flexibility index (Phi) is 4.80. The van der Waals surface area contributed by atoms with E-state index in [9.17, 15) is 8.78 Å². The van der Waals surface area contributed by atoms with Crippen LogP contribution in [-0.2, 0) is 6.54 Å². The molecule has 1 aliphatic heterocycles. The highest BCUT2D eigenvalue weighted by Crippen LogP contribution is 2.26. The molecular formula is C21H18F2N8. The number of alkyl halides is 2. The van der Waals surface area contributed by atoms with Crippen molar-refractivity contribution in [3.8, 4) is 17.2 Å². The number of halogens is 2. The Hall–Kier alpha value is -3.84. The van der Waals surface area contributed by atoms with Crippen molar-refractivity contribution in [2.45, 2.75) is 13.1 Å². The summed E-state index contributed by atoms with van der Waals surface area (Å²) in [6.07, 6.45) is 4.28. The zero-order chi connectivity index (χ0) is 21.4. The molecular weight excluding hydrogens is 402 g/mol. The fourth-order valence-electron chi connectivity index (χ4n) is 3.65. The summed E-state index contributed by atoms with van der Waals surface area (Å²) in [4.78, 5) is 6.77. The van der Waals surface area contributed by atoms with Gasteiger partial charge in [0.25, 0.3) is 0 Å². The van der Waals surface area contributed by atoms with Gasteiger partial charge in [-0.05, 0) is 23.3 Å². The second-order valence-electron chi connectivity index (χ2n) is 7.45. The van der Waals surface area contributed by atoms with E-state index in [0.717, 1.165) is 30.8 Å². The maximum Gasteiger partial charge on any atom is 0.333 e. The van der Waals surface area contributed by atoms with Gasteiger partial charge in [-0.3, -0.25) is 4.90 Å². The molecule has 0 aliphatic carbocycles. The van der Waals surface area contributed by atoms with Crippen molar-refractivity contribution in [1.29, 1.82) is 5.26 Å². The van der Waals surface area contributed by atoms with Crippen LogP contribution in [0.5, 0.6) is 0 Å². The SMILES string of the molecule is N#CC1CN(Cc2ccc(-c3cccn4nc(Nc5cnn(C(F)F)c5)nc34)cc2)C1. The van der Waals surface area contributed by atoms with Crippen molar-refractivity contribution in [3.63, 3.8) is 0 Å². The topological polar surface area (TPSA) is 87.1 Å². The van der Waals surface area contributed by atoms with Crippen LogP contribution in [0, 0.1) is 17.2 Å². The van der Waals surface area contributed by atoms with Gasteiger partial charge < -0.3 is 5.32 Å². The van der Waals surface area contributed by atoms with E-state index in [1.54, 1.807) is 10.7 Å². The third-order valence-corrected chi connectivity index (χ3v) is 5.23. The van der Waals surface area contributed by atoms with Crippen molar-refractivity contribution in [1.82, 2.24) is 29.3 Å². The lowest BCUT2D eigenvalue weighted by molar-refractivity contribution is 0.0566. The molecule has 1 aliphatic rings. The summed E-state index contributed by atoms with van der Waals surface area (Å²) in [7, 11) is 0. The molecule has 1 saturated heterocycles. The number of likely N-dealkylation sites (tertiary alicyclic amines) is 1. The second kappa shape index (κ2) is 7.77. The first-order valence-electron chi connectivity index (χ1n) is 9.75. The Bertz CT molecular complexity index is 1250. The number of nitriles is 1. The van der Waals surface area contributed by atoms with Crippen molar-refractivity contribution >= 4 is 17.3 Å². The quantitative estimate of drug-likeness (QED) is 0.512. The number of hydrogen-bond donors (Lipinski definition) is 1. The summed E-state index contributed by atoms with van der Waals surface area (Å²) < 4.78 is 27.6. The predicted octanol–water partition coefficient (Wildman–Crippen LogP) is 3.69. The number of rotatable bonds is 6. The van der Waals surface area contributed by atoms with Crippen LogP contribution < -0.4 is 5.32 Å². The second-order valence-corrected chi connectivity index (χ2v) is 7.45. The third-order valence-electron chi connectivity index (χ3n) is 5.23. The Labute approximate surface area is 176 Å². The Morgan fingerprint density at radius 3 is 2.71 bits per heavy atom. The van der Waals surface area contributed by atoms with Crippen molar-refractivity contribution < 1.29 is 8.78 Å². The molecule has 5 rings (SSSR count). The summed E-state index contributed by atoms with van der Waals surface area (Å²) in [5.74, 6) is 0.444. The highest BCUT2D eigenvalue weighted by atomic mass is 19.3. The molecule has 10 heteroatoms. The predicted molar refractivity (Wildman–Crippen MR) is 110 cm³/mol. The average molecular weight is 420 g/mol. The van der Waals surface area contributed by atoms with Crippen LogP contribution in [-0.4, -0.2) is 42.4 Å². The van der Waals surface area contributed by atoms with E-state index in [1.807, 2.05) is 24.3 Å². The standard InChI is InChI=1S/C21H18F2N8/c22-20(23)31-13-17(9-25-31)26-21-27-19-18(2-1-7-30(19)28-21)16-5-3-14(4-6-16)10-29-11-15(8-24)12-29/h1-7,9,13,15,20H,10-12H2,(H,26,28). The highest BCUT2D eigenvalue weighted by molar-refractivity contribution is 5.78. The van der Waals surface area contributed by atoms with Gasteiger partial charge >= 0.3 is 6.55 Å². The van der Waals surface area contributed by atoms with Crippen molar-refractivity contribution in [2.75, 3.05) is 18.4 Å². The number of nitrogens with one attached hydrogen (secondary N) is 1. The van der Waals surface area contributed by atoms with E-state index >= 15 is 0 Å². The van der Waals surface area contributed by atoms with Crippen molar-refractivity contribution in [3.05, 3.63) is 60.6 Å². The van der Waals surface area contributed by atoms with Crippen LogP contribution in [0.2, 0.25) is 0 Å². The van der Waals surface area contributed by atoms with Crippen LogP contribution in [0.4, 0.5) is 20.4 Å². The number of benzene rings is 1. The molecule has 1 fully saturated rings. The maximum atomic E-state index is 12.7. The summed E-state index contributed by atoms with van der Waals surface area (Å²) in [6.45, 7) is -0.228. The van der Waals surface area contributed by atoms with Gasteiger partial charge in [0.15, 0.2) is 5.65 Å². The molecule has 0 atom stereocenters. The van der Waals surface area contributed by atoms with Crippen molar-refractivity contribution in [2.24, 2.45) is 5.92 Å². The summed E-state index contributed by atoms with van der Waals surface area (Å²) in [6, 6.07) is 14.4. The summed E-state index contributed by atoms with van der Waals surface area (Å²) in [5.41, 5.74) is 4.13. The van der Waals surface area contributed by atoms with Gasteiger partial charge in [-0.1, -0.05) is 24.3 Å². The molecule has 31 heavy (non-hydrogen) atoms.